The van der Waals surface area contributed by atoms with Gasteiger partial charge in [-0.25, -0.2) is 9.07 Å². The molecule has 17 heavy (non-hydrogen) atoms. The maximum absolute atomic E-state index is 13.2. The molecule has 0 radical (unpaired) electrons. The van der Waals surface area contributed by atoms with Gasteiger partial charge in [-0.1, -0.05) is 5.21 Å². The average molecular weight is 254 g/mol. The number of nitrogens with zero attached hydrogens (tertiary/aromatic N) is 3. The lowest BCUT2D eigenvalue weighted by molar-refractivity contribution is 0.623. The van der Waals surface area contributed by atoms with Crippen molar-refractivity contribution in [1.29, 1.82) is 0 Å². The second kappa shape index (κ2) is 5.27. The molecule has 0 saturated heterocycles. The number of hydrogen-bond acceptors (Lipinski definition) is 2. The molecule has 1 aromatic heterocycles. The van der Waals surface area contributed by atoms with Crippen molar-refractivity contribution in [2.45, 2.75) is 19.8 Å². The fourth-order valence-electron chi connectivity index (χ4n) is 1.64. The number of alkyl halides is 1. The summed E-state index contributed by atoms with van der Waals surface area (Å²) in [5, 5.41) is 8.00. The third-order valence-electron chi connectivity index (χ3n) is 2.40. The minimum Gasteiger partial charge on any atom is -0.220 e. The van der Waals surface area contributed by atoms with Crippen molar-refractivity contribution in [3.63, 3.8) is 0 Å². The molecule has 0 unspecified atom stereocenters. The minimum absolute atomic E-state index is 0.266. The van der Waals surface area contributed by atoms with Crippen LogP contribution in [0.2, 0.25) is 0 Å². The van der Waals surface area contributed by atoms with Gasteiger partial charge in [0.05, 0.1) is 17.6 Å². The van der Waals surface area contributed by atoms with Gasteiger partial charge in [0.25, 0.3) is 0 Å². The molecule has 0 fully saturated rings. The molecular weight excluding hydrogens is 241 g/mol. The van der Waals surface area contributed by atoms with Gasteiger partial charge in [0.15, 0.2) is 0 Å². The van der Waals surface area contributed by atoms with Crippen LogP contribution in [0.5, 0.6) is 0 Å². The molecule has 0 bridgehead atoms. The van der Waals surface area contributed by atoms with Crippen LogP contribution < -0.4 is 0 Å². The van der Waals surface area contributed by atoms with E-state index in [-0.39, 0.29) is 5.82 Å². The van der Waals surface area contributed by atoms with Crippen LogP contribution >= 0.6 is 11.6 Å². The number of rotatable bonds is 4. The fraction of sp³-hybridized carbons (Fsp3) is 0.333. The van der Waals surface area contributed by atoms with Crippen LogP contribution in [0.1, 0.15) is 17.7 Å². The number of halogens is 2. The molecule has 0 aliphatic heterocycles. The summed E-state index contributed by atoms with van der Waals surface area (Å²) in [6.45, 7) is 1.85. The molecule has 0 aliphatic carbocycles. The van der Waals surface area contributed by atoms with Crippen molar-refractivity contribution in [2.75, 3.05) is 5.88 Å². The third-order valence-corrected chi connectivity index (χ3v) is 2.67. The summed E-state index contributed by atoms with van der Waals surface area (Å²) in [5.74, 6) is 0.337. The molecule has 5 heteroatoms. The highest BCUT2D eigenvalue weighted by atomic mass is 35.5. The summed E-state index contributed by atoms with van der Waals surface area (Å²) < 4.78 is 14.8. The Morgan fingerprint density at radius 1 is 1.35 bits per heavy atom. The summed E-state index contributed by atoms with van der Waals surface area (Å²) >= 11 is 5.61. The van der Waals surface area contributed by atoms with Crippen LogP contribution in [0, 0.1) is 12.7 Å². The van der Waals surface area contributed by atoms with Gasteiger partial charge < -0.3 is 0 Å². The second-order valence-electron chi connectivity index (χ2n) is 3.93. The van der Waals surface area contributed by atoms with Crippen molar-refractivity contribution < 1.29 is 4.39 Å². The fourth-order valence-corrected chi connectivity index (χ4v) is 1.77. The van der Waals surface area contributed by atoms with E-state index in [1.54, 1.807) is 10.9 Å². The van der Waals surface area contributed by atoms with Crippen LogP contribution in [0.15, 0.2) is 24.4 Å². The van der Waals surface area contributed by atoms with Crippen molar-refractivity contribution in [2.24, 2.45) is 0 Å². The second-order valence-corrected chi connectivity index (χ2v) is 4.31. The zero-order valence-corrected chi connectivity index (χ0v) is 10.3. The summed E-state index contributed by atoms with van der Waals surface area (Å²) in [7, 11) is 0. The Morgan fingerprint density at radius 2 is 2.18 bits per heavy atom. The molecule has 90 valence electrons. The van der Waals surface area contributed by atoms with Crippen LogP contribution in [0.4, 0.5) is 4.39 Å². The van der Waals surface area contributed by atoms with Gasteiger partial charge in [-0.2, -0.15) is 0 Å². The maximum atomic E-state index is 13.2. The van der Waals surface area contributed by atoms with Gasteiger partial charge in [-0.05, 0) is 43.5 Å². The largest absolute Gasteiger partial charge is 0.220 e. The lowest BCUT2D eigenvalue weighted by Gasteiger charge is -2.01. The Morgan fingerprint density at radius 3 is 2.88 bits per heavy atom. The minimum atomic E-state index is -0.266. The Bertz CT molecular complexity index is 490. The van der Waals surface area contributed by atoms with Gasteiger partial charge in [-0.3, -0.25) is 0 Å². The molecule has 0 aliphatic rings. The Labute approximate surface area is 104 Å². The summed E-state index contributed by atoms with van der Waals surface area (Å²) in [4.78, 5) is 0. The first-order valence-electron chi connectivity index (χ1n) is 5.44. The van der Waals surface area contributed by atoms with E-state index in [4.69, 9.17) is 11.6 Å². The van der Waals surface area contributed by atoms with Gasteiger partial charge in [-0.15, -0.1) is 16.7 Å². The van der Waals surface area contributed by atoms with Crippen molar-refractivity contribution in [3.05, 3.63) is 41.5 Å². The van der Waals surface area contributed by atoms with Gasteiger partial charge in [0, 0.05) is 5.88 Å². The average Bonchev–Trinajstić information content (AvgIpc) is 2.73. The van der Waals surface area contributed by atoms with E-state index in [1.165, 1.54) is 12.1 Å². The van der Waals surface area contributed by atoms with Crippen molar-refractivity contribution in [3.8, 4) is 5.69 Å². The van der Waals surface area contributed by atoms with Crippen molar-refractivity contribution >= 4 is 11.6 Å². The maximum Gasteiger partial charge on any atom is 0.125 e. The SMILES string of the molecule is Cc1cc(F)cc(-n2cc(CCCCl)nn2)c1. The summed E-state index contributed by atoms with van der Waals surface area (Å²) in [5.41, 5.74) is 2.41. The predicted octanol–water partition coefficient (Wildman–Crippen LogP) is 2.89. The molecule has 1 aromatic carbocycles. The standard InChI is InChI=1S/C12H13ClFN3/c1-9-5-10(14)7-12(6-9)17-8-11(15-16-17)3-2-4-13/h5-8H,2-4H2,1H3. The number of hydrogen-bond donors (Lipinski definition) is 0. The van der Waals surface area contributed by atoms with E-state index < -0.39 is 0 Å². The third kappa shape index (κ3) is 3.03. The van der Waals surface area contributed by atoms with E-state index in [0.29, 0.717) is 11.6 Å². The van der Waals surface area contributed by atoms with E-state index >= 15 is 0 Å². The smallest absolute Gasteiger partial charge is 0.125 e. The zero-order valence-electron chi connectivity index (χ0n) is 9.53. The van der Waals surface area contributed by atoms with Gasteiger partial charge in [0.1, 0.15) is 5.82 Å². The predicted molar refractivity (Wildman–Crippen MR) is 65.1 cm³/mol. The van der Waals surface area contributed by atoms with Crippen LogP contribution in [-0.2, 0) is 6.42 Å². The Hall–Kier alpha value is -1.42. The topological polar surface area (TPSA) is 30.7 Å². The molecule has 2 aromatic rings. The van der Waals surface area contributed by atoms with E-state index in [1.807, 2.05) is 13.0 Å². The molecule has 0 atom stereocenters. The van der Waals surface area contributed by atoms with E-state index in [0.717, 1.165) is 24.1 Å². The highest BCUT2D eigenvalue weighted by Crippen LogP contribution is 2.12. The van der Waals surface area contributed by atoms with Crippen LogP contribution in [-0.4, -0.2) is 20.9 Å². The summed E-state index contributed by atoms with van der Waals surface area (Å²) in [6.07, 6.45) is 3.46. The molecule has 3 nitrogen and oxygen atoms in total. The first-order chi connectivity index (χ1) is 8.19. The molecule has 0 N–H and O–H groups in total. The van der Waals surface area contributed by atoms with Crippen molar-refractivity contribution in [1.82, 2.24) is 15.0 Å². The Kier molecular flexibility index (Phi) is 3.74. The monoisotopic (exact) mass is 253 g/mol. The molecule has 0 spiro atoms. The zero-order chi connectivity index (χ0) is 12.3. The molecule has 0 saturated carbocycles. The number of aromatic nitrogens is 3. The molecule has 1 heterocycles. The highest BCUT2D eigenvalue weighted by molar-refractivity contribution is 6.17. The van der Waals surface area contributed by atoms with E-state index in [2.05, 4.69) is 10.3 Å². The molecule has 0 amide bonds. The quantitative estimate of drug-likeness (QED) is 0.785. The van der Waals surface area contributed by atoms with Gasteiger partial charge >= 0.3 is 0 Å². The number of aryl methyl sites for hydroxylation is 2. The molecule has 2 rings (SSSR count). The number of benzene rings is 1. The first-order valence-corrected chi connectivity index (χ1v) is 5.97. The summed E-state index contributed by atoms with van der Waals surface area (Å²) in [6, 6.07) is 4.78. The lowest BCUT2D eigenvalue weighted by Crippen LogP contribution is -1.96. The highest BCUT2D eigenvalue weighted by Gasteiger charge is 2.04. The normalized spacial score (nSPS) is 10.8. The lowest BCUT2D eigenvalue weighted by atomic mass is 10.2. The Balaban J connectivity index is 2.24. The molecular formula is C12H13ClFN3. The first kappa shape index (κ1) is 12.0. The van der Waals surface area contributed by atoms with Crippen LogP contribution in [0.25, 0.3) is 5.69 Å². The van der Waals surface area contributed by atoms with Crippen LogP contribution in [0.3, 0.4) is 0 Å². The van der Waals surface area contributed by atoms with E-state index in [9.17, 15) is 4.39 Å². The van der Waals surface area contributed by atoms with Gasteiger partial charge in [0.2, 0.25) is 0 Å².